The number of carbonyl (C=O) groups is 4. The Labute approximate surface area is 371 Å². The average molecular weight is 995 g/mol. The van der Waals surface area contributed by atoms with E-state index in [1.165, 1.54) is 0 Å². The molecule has 0 fully saturated rings. The molecule has 4 amide bonds. The van der Waals surface area contributed by atoms with Crippen molar-refractivity contribution in [3.8, 4) is 0 Å². The molecule has 6 rings (SSSR count). The van der Waals surface area contributed by atoms with Crippen LogP contribution in [0.4, 0.5) is 22.7 Å². The van der Waals surface area contributed by atoms with Crippen LogP contribution in [0.3, 0.4) is 0 Å². The number of carbonyl (C=O) groups excluding carboxylic acids is 4. The Balaban J connectivity index is -0.000000201. The molecule has 332 valence electrons. The summed E-state index contributed by atoms with van der Waals surface area (Å²) in [5.41, 5.74) is 2.99. The second-order valence-corrected chi connectivity index (χ2v) is 10.8. The van der Waals surface area contributed by atoms with E-state index >= 15 is 0 Å². The molecule has 24 N–H and O–H groups in total. The Hall–Kier alpha value is -6.75. The summed E-state index contributed by atoms with van der Waals surface area (Å²) in [5.74, 6) is -1.61. The van der Waals surface area contributed by atoms with Gasteiger partial charge < -0.3 is 74.2 Å². The molecule has 0 spiro atoms. The van der Waals surface area contributed by atoms with Gasteiger partial charge in [-0.2, -0.15) is 0 Å². The van der Waals surface area contributed by atoms with Crippen molar-refractivity contribution in [1.29, 1.82) is 0 Å². The molecule has 0 saturated carbocycles. The summed E-state index contributed by atoms with van der Waals surface area (Å²) in [5, 5.41) is 10.8. The Morgan fingerprint density at radius 3 is 0.710 bits per heavy atom. The second kappa shape index (κ2) is 34.0. The molecule has 26 nitrogen and oxygen atoms in total. The smallest absolute Gasteiger partial charge is 0.759 e. The second-order valence-electron chi connectivity index (χ2n) is 9.98. The van der Waals surface area contributed by atoms with Gasteiger partial charge in [-0.05, 0) is 72.8 Å². The van der Waals surface area contributed by atoms with Crippen LogP contribution in [0.1, 0.15) is 42.0 Å². The Morgan fingerprint density at radius 2 is 0.548 bits per heavy atom. The zero-order valence-electron chi connectivity index (χ0n) is 32.1. The normalized spacial score (nSPS) is 8.68. The third kappa shape index (κ3) is 24.4. The molecule has 6 aromatic rings. The van der Waals surface area contributed by atoms with Crippen LogP contribution in [0, 0.1) is 0 Å². The number of hydrogen-bond acceptors (Lipinski definition) is 14. The number of nitrogens with zero attached hydrogens (tertiary/aromatic N) is 6. The minimum absolute atomic E-state index is 0. The third-order valence-electron chi connectivity index (χ3n) is 6.18. The van der Waals surface area contributed by atoms with Crippen LogP contribution in [0.2, 0.25) is 0 Å². The average Bonchev–Trinajstić information content (AvgIpc) is 3.16. The van der Waals surface area contributed by atoms with Gasteiger partial charge in [-0.15, -0.1) is 0 Å². The number of rotatable bonds is 8. The van der Waals surface area contributed by atoms with Crippen LogP contribution in [0.15, 0.2) is 135 Å². The number of amides is 4. The zero-order valence-corrected chi connectivity index (χ0v) is 36.9. The van der Waals surface area contributed by atoms with Gasteiger partial charge in [0, 0.05) is 82.7 Å². The number of anilines is 4. The topological polar surface area (TPSA) is 532 Å². The summed E-state index contributed by atoms with van der Waals surface area (Å²) in [4.78, 5) is 72.6. The maximum Gasteiger partial charge on any atom is 2.00 e. The molecule has 0 radical (unpaired) electrons. The molecular formula is C34H46CdN10O16S+4. The predicted molar refractivity (Wildman–Crippen MR) is 222 cm³/mol. The van der Waals surface area contributed by atoms with E-state index < -0.39 is 34.0 Å². The standard InChI is InChI=1S/2C17H13N5O2.Cd.H2O4S.8H2O/c2*23-16(20-12-4-8-18-9-5-12)14-2-1-3-15(22-14)17(24)21-13-6-10-19-11-7-13;;1-5(2,3)4;;;;;;;;/h2*1-11H,(H,18,20,23)(H,19,21,24);;(H2,1,2,3,4);8*1H2/q;;+2;;;;;;;;;/p+2. The molecule has 0 aliphatic rings. The van der Waals surface area contributed by atoms with Crippen molar-refractivity contribution in [2.75, 3.05) is 21.3 Å². The van der Waals surface area contributed by atoms with E-state index in [-0.39, 0.29) is 93.9 Å². The number of hydrogen-bond donors (Lipinski definition) is 4. The first-order valence-corrected chi connectivity index (χ1v) is 16.2. The first kappa shape index (κ1) is 67.0. The monoisotopic (exact) mass is 996 g/mol. The summed E-state index contributed by atoms with van der Waals surface area (Å²) < 4.78 is 34.1. The molecule has 0 aromatic carbocycles. The fourth-order valence-corrected chi connectivity index (χ4v) is 3.90. The van der Waals surface area contributed by atoms with Gasteiger partial charge in [-0.1, -0.05) is 12.1 Å². The Morgan fingerprint density at radius 1 is 0.387 bits per heavy atom. The van der Waals surface area contributed by atoms with E-state index in [9.17, 15) is 19.2 Å². The van der Waals surface area contributed by atoms with Crippen molar-refractivity contribution in [1.82, 2.24) is 29.9 Å². The van der Waals surface area contributed by atoms with Crippen LogP contribution in [0.25, 0.3) is 0 Å². The molecule has 0 atom stereocenters. The summed E-state index contributed by atoms with van der Waals surface area (Å²) in [6, 6.07) is 22.7. The minimum atomic E-state index is -5.17. The quantitative estimate of drug-likeness (QED) is 0.0496. The molecular weight excluding hydrogens is 949 g/mol. The molecule has 6 heterocycles. The van der Waals surface area contributed by atoms with Gasteiger partial charge in [-0.25, -0.2) is 9.97 Å². The maximum absolute atomic E-state index is 12.2. The van der Waals surface area contributed by atoms with Crippen LogP contribution < -0.4 is 21.3 Å². The SMILES string of the molecule is O.O.O.O.O=C(Nc1ccncc1)c1cccc(C(=O)Nc2ccncc2)n1.O=C(Nc1ccncc1)c1cccc(C(=O)Nc2ccncc2)n1.O=S(=O)([O-])[O-].[Cd+2].[OH3+].[OH3+].[OH3+].[OH3+]. The fourth-order valence-electron chi connectivity index (χ4n) is 3.90. The number of pyridine rings is 6. The summed E-state index contributed by atoms with van der Waals surface area (Å²) >= 11 is 0. The molecule has 0 saturated heterocycles. The van der Waals surface area contributed by atoms with Gasteiger partial charge in [0.15, 0.2) is 0 Å². The molecule has 0 bridgehead atoms. The third-order valence-corrected chi connectivity index (χ3v) is 6.18. The fraction of sp³-hybridized carbons (Fsp3) is 0. The first-order chi connectivity index (χ1) is 25.4. The zero-order chi connectivity index (χ0) is 38.1. The van der Waals surface area contributed by atoms with Crippen LogP contribution >= 0.6 is 0 Å². The minimum Gasteiger partial charge on any atom is -0.759 e. The van der Waals surface area contributed by atoms with Gasteiger partial charge in [0.05, 0.1) is 0 Å². The molecule has 0 aliphatic carbocycles. The van der Waals surface area contributed by atoms with E-state index in [2.05, 4.69) is 51.2 Å². The van der Waals surface area contributed by atoms with E-state index in [1.807, 2.05) is 0 Å². The van der Waals surface area contributed by atoms with Crippen molar-refractivity contribution in [3.63, 3.8) is 0 Å². The number of aromatic nitrogens is 6. The molecule has 62 heavy (non-hydrogen) atoms. The predicted octanol–water partition coefficient (Wildman–Crippen LogP) is -3.57. The van der Waals surface area contributed by atoms with E-state index in [4.69, 9.17) is 17.5 Å². The Bertz CT molecular complexity index is 1990. The van der Waals surface area contributed by atoms with E-state index in [0.717, 1.165) is 0 Å². The first-order valence-electron chi connectivity index (χ1n) is 14.9. The van der Waals surface area contributed by atoms with Gasteiger partial charge in [-0.3, -0.25) is 47.5 Å². The van der Waals surface area contributed by atoms with E-state index in [1.54, 1.807) is 135 Å². The van der Waals surface area contributed by atoms with Crippen molar-refractivity contribution in [2.24, 2.45) is 0 Å². The largest absolute Gasteiger partial charge is 2.00 e. The molecule has 28 heteroatoms. The van der Waals surface area contributed by atoms with Crippen molar-refractivity contribution >= 4 is 56.8 Å². The summed E-state index contributed by atoms with van der Waals surface area (Å²) in [6.45, 7) is 0. The van der Waals surface area contributed by atoms with Crippen LogP contribution in [-0.4, -0.2) is 93.0 Å². The Kier molecular flexibility index (Phi) is 36.8. The molecule has 6 aromatic heterocycles. The van der Waals surface area contributed by atoms with Crippen LogP contribution in [-0.2, 0) is 59.6 Å². The van der Waals surface area contributed by atoms with Gasteiger partial charge in [0.25, 0.3) is 23.6 Å². The maximum atomic E-state index is 12.2. The van der Waals surface area contributed by atoms with Gasteiger partial charge in [0.2, 0.25) is 0 Å². The number of nitrogens with one attached hydrogen (secondary N) is 4. The molecule has 0 unspecified atom stereocenters. The molecule has 0 aliphatic heterocycles. The van der Waals surface area contributed by atoms with Crippen molar-refractivity contribution in [2.45, 2.75) is 0 Å². The summed E-state index contributed by atoms with van der Waals surface area (Å²) in [7, 11) is -5.17. The van der Waals surface area contributed by atoms with Crippen LogP contribution in [0.5, 0.6) is 0 Å². The van der Waals surface area contributed by atoms with Gasteiger partial charge >= 0.3 is 27.3 Å². The summed E-state index contributed by atoms with van der Waals surface area (Å²) in [6.07, 6.45) is 12.6. The van der Waals surface area contributed by atoms with Crippen molar-refractivity contribution in [3.05, 3.63) is 157 Å². The van der Waals surface area contributed by atoms with Gasteiger partial charge in [0.1, 0.15) is 22.8 Å². The van der Waals surface area contributed by atoms with E-state index in [0.29, 0.717) is 22.7 Å². The van der Waals surface area contributed by atoms with Crippen molar-refractivity contribution < 1.29 is 108 Å².